The summed E-state index contributed by atoms with van der Waals surface area (Å²) in [5.41, 5.74) is 3.07. The van der Waals surface area contributed by atoms with Crippen LogP contribution in [0.15, 0.2) is 48.7 Å². The number of anilines is 1. The van der Waals surface area contributed by atoms with Gasteiger partial charge in [-0.2, -0.15) is 0 Å². The Balaban J connectivity index is 2.13. The predicted molar refractivity (Wildman–Crippen MR) is 78.0 cm³/mol. The quantitative estimate of drug-likeness (QED) is 0.892. The van der Waals surface area contributed by atoms with Gasteiger partial charge in [0.25, 0.3) is 0 Å². The van der Waals surface area contributed by atoms with E-state index < -0.39 is 6.10 Å². The molecule has 0 aliphatic heterocycles. The lowest BCUT2D eigenvalue weighted by Crippen LogP contribution is -2.22. The zero-order chi connectivity index (χ0) is 13.7. The zero-order valence-electron chi connectivity index (χ0n) is 11.5. The van der Waals surface area contributed by atoms with Crippen molar-refractivity contribution in [3.8, 4) is 0 Å². The maximum absolute atomic E-state index is 9.47. The van der Waals surface area contributed by atoms with Crippen molar-refractivity contribution in [2.45, 2.75) is 26.5 Å². The Morgan fingerprint density at radius 2 is 1.89 bits per heavy atom. The van der Waals surface area contributed by atoms with Crippen molar-refractivity contribution in [3.05, 3.63) is 59.9 Å². The van der Waals surface area contributed by atoms with Crippen LogP contribution < -0.4 is 4.90 Å². The summed E-state index contributed by atoms with van der Waals surface area (Å²) in [5, 5.41) is 9.47. The third-order valence-corrected chi connectivity index (χ3v) is 3.16. The summed E-state index contributed by atoms with van der Waals surface area (Å²) in [5.74, 6) is 0. The minimum atomic E-state index is -0.516. The fraction of sp³-hybridized carbons (Fsp3) is 0.312. The molecule has 0 aliphatic carbocycles. The Hall–Kier alpha value is -1.87. The van der Waals surface area contributed by atoms with E-state index in [2.05, 4.69) is 41.1 Å². The molecule has 0 amide bonds. The third-order valence-electron chi connectivity index (χ3n) is 3.16. The van der Waals surface area contributed by atoms with Crippen LogP contribution in [0, 0.1) is 0 Å². The molecule has 1 aromatic heterocycles. The van der Waals surface area contributed by atoms with Crippen molar-refractivity contribution in [2.24, 2.45) is 0 Å². The molecule has 100 valence electrons. The van der Waals surface area contributed by atoms with Crippen LogP contribution in [0.5, 0.6) is 0 Å². The van der Waals surface area contributed by atoms with E-state index in [1.807, 2.05) is 24.4 Å². The lowest BCUT2D eigenvalue weighted by Gasteiger charge is -2.23. The highest BCUT2D eigenvalue weighted by Crippen LogP contribution is 2.18. The first kappa shape index (κ1) is 13.6. The van der Waals surface area contributed by atoms with E-state index in [9.17, 15) is 5.11 Å². The minimum absolute atomic E-state index is 0.516. The first-order valence-corrected chi connectivity index (χ1v) is 6.63. The van der Waals surface area contributed by atoms with E-state index in [-0.39, 0.29) is 0 Å². The second kappa shape index (κ2) is 6.34. The lowest BCUT2D eigenvalue weighted by molar-refractivity contribution is 0.194. The van der Waals surface area contributed by atoms with Crippen LogP contribution in [0.25, 0.3) is 0 Å². The van der Waals surface area contributed by atoms with E-state index >= 15 is 0 Å². The molecule has 19 heavy (non-hydrogen) atoms. The number of rotatable bonds is 5. The maximum Gasteiger partial charge on any atom is 0.0931 e. The average Bonchev–Trinajstić information content (AvgIpc) is 2.46. The summed E-state index contributed by atoms with van der Waals surface area (Å²) in [4.78, 5) is 6.56. The SMILES string of the molecule is CCN(Cc1ccccc1)c1ccc(C(C)O)nc1. The molecule has 0 saturated heterocycles. The minimum Gasteiger partial charge on any atom is -0.387 e. The molecule has 0 fully saturated rings. The van der Waals surface area contributed by atoms with Crippen LogP contribution in [0.1, 0.15) is 31.2 Å². The molecule has 2 rings (SSSR count). The Bertz CT molecular complexity index is 494. The molecule has 0 aliphatic rings. The molecule has 1 atom stereocenters. The summed E-state index contributed by atoms with van der Waals surface area (Å²) in [6, 6.07) is 14.3. The van der Waals surface area contributed by atoms with Crippen molar-refractivity contribution in [3.63, 3.8) is 0 Å². The van der Waals surface area contributed by atoms with Gasteiger partial charge in [0.05, 0.1) is 23.7 Å². The van der Waals surface area contributed by atoms with Crippen LogP contribution >= 0.6 is 0 Å². The number of aliphatic hydroxyl groups is 1. The van der Waals surface area contributed by atoms with Crippen molar-refractivity contribution >= 4 is 5.69 Å². The number of benzene rings is 1. The Kier molecular flexibility index (Phi) is 4.53. The Labute approximate surface area is 114 Å². The molecule has 0 bridgehead atoms. The van der Waals surface area contributed by atoms with Crippen molar-refractivity contribution in [1.29, 1.82) is 0 Å². The molecule has 1 aromatic carbocycles. The van der Waals surface area contributed by atoms with Crippen molar-refractivity contribution < 1.29 is 5.11 Å². The van der Waals surface area contributed by atoms with Crippen molar-refractivity contribution in [2.75, 3.05) is 11.4 Å². The normalized spacial score (nSPS) is 12.2. The monoisotopic (exact) mass is 256 g/mol. The highest BCUT2D eigenvalue weighted by molar-refractivity contribution is 5.45. The summed E-state index contributed by atoms with van der Waals surface area (Å²) in [7, 11) is 0. The topological polar surface area (TPSA) is 36.4 Å². The van der Waals surface area contributed by atoms with E-state index in [0.717, 1.165) is 18.8 Å². The summed E-state index contributed by atoms with van der Waals surface area (Å²) >= 11 is 0. The average molecular weight is 256 g/mol. The predicted octanol–water partition coefficient (Wildman–Crippen LogP) is 3.16. The van der Waals surface area contributed by atoms with Crippen molar-refractivity contribution in [1.82, 2.24) is 4.98 Å². The van der Waals surface area contributed by atoms with Gasteiger partial charge in [-0.1, -0.05) is 30.3 Å². The molecule has 1 N–H and O–H groups in total. The fourth-order valence-corrected chi connectivity index (χ4v) is 2.02. The molecular formula is C16H20N2O. The van der Waals surface area contributed by atoms with Gasteiger partial charge in [-0.25, -0.2) is 0 Å². The lowest BCUT2D eigenvalue weighted by atomic mass is 10.2. The van der Waals surface area contributed by atoms with Crippen LogP contribution in [-0.4, -0.2) is 16.6 Å². The number of aliphatic hydroxyl groups excluding tert-OH is 1. The highest BCUT2D eigenvalue weighted by atomic mass is 16.3. The molecular weight excluding hydrogens is 236 g/mol. The van der Waals surface area contributed by atoms with Gasteiger partial charge >= 0.3 is 0 Å². The first-order chi connectivity index (χ1) is 9.20. The summed E-state index contributed by atoms with van der Waals surface area (Å²) in [6.45, 7) is 5.65. The molecule has 0 spiro atoms. The van der Waals surface area contributed by atoms with E-state index in [4.69, 9.17) is 0 Å². The first-order valence-electron chi connectivity index (χ1n) is 6.63. The van der Waals surface area contributed by atoms with Gasteiger partial charge in [-0.3, -0.25) is 4.98 Å². The maximum atomic E-state index is 9.47. The summed E-state index contributed by atoms with van der Waals surface area (Å²) in [6.07, 6.45) is 1.31. The number of aromatic nitrogens is 1. The zero-order valence-corrected chi connectivity index (χ0v) is 11.5. The molecule has 3 heteroatoms. The second-order valence-electron chi connectivity index (χ2n) is 4.62. The van der Waals surface area contributed by atoms with E-state index in [1.54, 1.807) is 6.92 Å². The van der Waals surface area contributed by atoms with Crippen LogP contribution in [0.4, 0.5) is 5.69 Å². The van der Waals surface area contributed by atoms with Gasteiger partial charge in [0, 0.05) is 13.1 Å². The summed E-state index contributed by atoms with van der Waals surface area (Å²) < 4.78 is 0. The molecule has 0 saturated carbocycles. The van der Waals surface area contributed by atoms with Crippen LogP contribution in [-0.2, 0) is 6.54 Å². The number of hydrogen-bond donors (Lipinski definition) is 1. The molecule has 0 radical (unpaired) electrons. The van der Waals surface area contributed by atoms with Crippen LogP contribution in [0.2, 0.25) is 0 Å². The van der Waals surface area contributed by atoms with E-state index in [1.165, 1.54) is 5.56 Å². The third kappa shape index (κ3) is 3.55. The van der Waals surface area contributed by atoms with Gasteiger partial charge in [0.15, 0.2) is 0 Å². The smallest absolute Gasteiger partial charge is 0.0931 e. The molecule has 2 aromatic rings. The molecule has 1 unspecified atom stereocenters. The number of nitrogens with zero attached hydrogens (tertiary/aromatic N) is 2. The Morgan fingerprint density at radius 3 is 2.42 bits per heavy atom. The van der Waals surface area contributed by atoms with E-state index in [0.29, 0.717) is 5.69 Å². The number of hydrogen-bond acceptors (Lipinski definition) is 3. The van der Waals surface area contributed by atoms with Gasteiger partial charge in [0.1, 0.15) is 0 Å². The van der Waals surface area contributed by atoms with Gasteiger partial charge in [-0.05, 0) is 31.5 Å². The largest absolute Gasteiger partial charge is 0.387 e. The highest BCUT2D eigenvalue weighted by Gasteiger charge is 2.07. The molecule has 1 heterocycles. The van der Waals surface area contributed by atoms with Gasteiger partial charge < -0.3 is 10.0 Å². The van der Waals surface area contributed by atoms with Crippen LogP contribution in [0.3, 0.4) is 0 Å². The Morgan fingerprint density at radius 1 is 1.16 bits per heavy atom. The number of pyridine rings is 1. The fourth-order valence-electron chi connectivity index (χ4n) is 2.02. The standard InChI is InChI=1S/C16H20N2O/c1-3-18(12-14-7-5-4-6-8-14)15-9-10-16(13(2)19)17-11-15/h4-11,13,19H,3,12H2,1-2H3. The molecule has 3 nitrogen and oxygen atoms in total. The van der Waals surface area contributed by atoms with Gasteiger partial charge in [0.2, 0.25) is 0 Å². The second-order valence-corrected chi connectivity index (χ2v) is 4.62. The van der Waals surface area contributed by atoms with Gasteiger partial charge in [-0.15, -0.1) is 0 Å².